The Labute approximate surface area is 227 Å². The van der Waals surface area contributed by atoms with Crippen LogP contribution in [-0.2, 0) is 14.3 Å². The van der Waals surface area contributed by atoms with E-state index in [1.807, 2.05) is 56.3 Å². The van der Waals surface area contributed by atoms with Crippen LogP contribution in [0.15, 0.2) is 60.7 Å². The normalized spacial score (nSPS) is 10.7. The maximum atomic E-state index is 12.3. The molecule has 9 heteroatoms. The van der Waals surface area contributed by atoms with Crippen LogP contribution in [-0.4, -0.2) is 49.6 Å². The highest BCUT2D eigenvalue weighted by molar-refractivity contribution is 5.93. The summed E-state index contributed by atoms with van der Waals surface area (Å²) >= 11 is 0. The number of anilines is 1. The molecule has 0 spiro atoms. The van der Waals surface area contributed by atoms with E-state index in [9.17, 15) is 9.59 Å². The summed E-state index contributed by atoms with van der Waals surface area (Å²) < 4.78 is 23.4. The number of esters is 1. The second-order valence-corrected chi connectivity index (χ2v) is 8.95. The Kier molecular flexibility index (Phi) is 8.31. The molecule has 0 fully saturated rings. The summed E-state index contributed by atoms with van der Waals surface area (Å²) in [5.41, 5.74) is 5.95. The number of methoxy groups -OCH3 is 3. The van der Waals surface area contributed by atoms with Gasteiger partial charge in [-0.2, -0.15) is 9.78 Å². The molecule has 202 valence electrons. The van der Waals surface area contributed by atoms with Crippen LogP contribution in [0.2, 0.25) is 0 Å². The van der Waals surface area contributed by atoms with E-state index >= 15 is 0 Å². The smallest absolute Gasteiger partial charge is 0.309 e. The van der Waals surface area contributed by atoms with Crippen molar-refractivity contribution < 1.29 is 28.5 Å². The SMILES string of the molecule is COCC(=O)Nc1ccc(-c2c(-c3ccc(OC)cc3OC)nn(-c3ccc(C)cc3C)c2OC(C)=O)cc1. The number of carbonyl (C=O) groups excluding carboxylic acids is 2. The van der Waals surface area contributed by atoms with Crippen molar-refractivity contribution in [1.29, 1.82) is 0 Å². The summed E-state index contributed by atoms with van der Waals surface area (Å²) in [4.78, 5) is 24.3. The van der Waals surface area contributed by atoms with Gasteiger partial charge in [0.05, 0.1) is 25.5 Å². The lowest BCUT2D eigenvalue weighted by Gasteiger charge is -2.12. The summed E-state index contributed by atoms with van der Waals surface area (Å²) in [5.74, 6) is 0.676. The molecule has 0 unspecified atom stereocenters. The number of aryl methyl sites for hydroxylation is 2. The molecule has 0 radical (unpaired) electrons. The predicted octanol–water partition coefficient (Wildman–Crippen LogP) is 5.35. The van der Waals surface area contributed by atoms with Gasteiger partial charge in [0.15, 0.2) is 0 Å². The molecule has 4 aromatic rings. The van der Waals surface area contributed by atoms with Crippen molar-refractivity contribution in [1.82, 2.24) is 9.78 Å². The largest absolute Gasteiger partial charge is 0.497 e. The molecule has 0 bridgehead atoms. The lowest BCUT2D eigenvalue weighted by molar-refractivity contribution is -0.132. The van der Waals surface area contributed by atoms with Gasteiger partial charge >= 0.3 is 5.97 Å². The Morgan fingerprint density at radius 2 is 1.67 bits per heavy atom. The minimum Gasteiger partial charge on any atom is -0.497 e. The van der Waals surface area contributed by atoms with E-state index in [0.717, 1.165) is 22.4 Å². The number of rotatable bonds is 9. The molecule has 1 amide bonds. The average molecular weight is 530 g/mol. The van der Waals surface area contributed by atoms with E-state index in [-0.39, 0.29) is 18.4 Å². The van der Waals surface area contributed by atoms with E-state index in [1.54, 1.807) is 37.1 Å². The van der Waals surface area contributed by atoms with Crippen LogP contribution in [0.25, 0.3) is 28.1 Å². The van der Waals surface area contributed by atoms with Gasteiger partial charge in [-0.15, -0.1) is 0 Å². The number of nitrogens with zero attached hydrogens (tertiary/aromatic N) is 2. The fourth-order valence-corrected chi connectivity index (χ4v) is 4.33. The van der Waals surface area contributed by atoms with Crippen molar-refractivity contribution in [2.24, 2.45) is 0 Å². The Morgan fingerprint density at radius 1 is 0.923 bits per heavy atom. The van der Waals surface area contributed by atoms with Crippen LogP contribution < -0.4 is 19.5 Å². The Balaban J connectivity index is 1.98. The molecule has 0 aliphatic heterocycles. The lowest BCUT2D eigenvalue weighted by atomic mass is 10.00. The quantitative estimate of drug-likeness (QED) is 0.292. The van der Waals surface area contributed by atoms with E-state index < -0.39 is 5.97 Å². The Bertz CT molecular complexity index is 1510. The number of nitrogens with one attached hydrogen (secondary N) is 1. The minimum atomic E-state index is -0.487. The fourth-order valence-electron chi connectivity index (χ4n) is 4.33. The van der Waals surface area contributed by atoms with Gasteiger partial charge in [0.25, 0.3) is 0 Å². The zero-order chi connectivity index (χ0) is 28.1. The van der Waals surface area contributed by atoms with Crippen LogP contribution in [0.5, 0.6) is 17.4 Å². The highest BCUT2D eigenvalue weighted by Crippen LogP contribution is 2.44. The Morgan fingerprint density at radius 3 is 2.28 bits per heavy atom. The summed E-state index contributed by atoms with van der Waals surface area (Å²) in [6.07, 6.45) is 0. The van der Waals surface area contributed by atoms with E-state index in [4.69, 9.17) is 24.0 Å². The van der Waals surface area contributed by atoms with Gasteiger partial charge in [-0.3, -0.25) is 9.59 Å². The number of carbonyl (C=O) groups is 2. The van der Waals surface area contributed by atoms with Gasteiger partial charge in [-0.05, 0) is 55.3 Å². The first-order valence-corrected chi connectivity index (χ1v) is 12.3. The van der Waals surface area contributed by atoms with Gasteiger partial charge in [0.1, 0.15) is 23.8 Å². The molecule has 1 N–H and O–H groups in total. The standard InChI is InChI=1S/C30H31N3O6/c1-18-7-14-25(19(2)15-18)33-30(39-20(3)34)28(21-8-10-22(11-9-21)31-27(35)17-36-4)29(32-33)24-13-12-23(37-5)16-26(24)38-6/h7-16H,17H2,1-6H3,(H,31,35). The molecule has 0 aliphatic rings. The monoisotopic (exact) mass is 529 g/mol. The van der Waals surface area contributed by atoms with Gasteiger partial charge < -0.3 is 24.3 Å². The van der Waals surface area contributed by atoms with Crippen molar-refractivity contribution >= 4 is 17.6 Å². The number of hydrogen-bond acceptors (Lipinski definition) is 7. The first-order chi connectivity index (χ1) is 18.7. The maximum absolute atomic E-state index is 12.3. The number of amides is 1. The summed E-state index contributed by atoms with van der Waals surface area (Å²) in [7, 11) is 4.62. The third-order valence-electron chi connectivity index (χ3n) is 6.06. The van der Waals surface area contributed by atoms with E-state index in [1.165, 1.54) is 14.0 Å². The molecule has 1 aromatic heterocycles. The van der Waals surface area contributed by atoms with Crippen molar-refractivity contribution in [2.75, 3.05) is 33.3 Å². The lowest BCUT2D eigenvalue weighted by Crippen LogP contribution is -2.16. The first-order valence-electron chi connectivity index (χ1n) is 12.3. The third-order valence-corrected chi connectivity index (χ3v) is 6.06. The molecule has 3 aromatic carbocycles. The molecule has 9 nitrogen and oxygen atoms in total. The van der Waals surface area contributed by atoms with Crippen LogP contribution >= 0.6 is 0 Å². The second kappa shape index (κ2) is 11.8. The molecular weight excluding hydrogens is 498 g/mol. The second-order valence-electron chi connectivity index (χ2n) is 8.95. The number of hydrogen-bond donors (Lipinski definition) is 1. The van der Waals surface area contributed by atoms with Crippen molar-refractivity contribution in [3.8, 4) is 45.5 Å². The molecule has 0 atom stereocenters. The molecule has 1 heterocycles. The van der Waals surface area contributed by atoms with Gasteiger partial charge in [0, 0.05) is 31.4 Å². The van der Waals surface area contributed by atoms with Gasteiger partial charge in [-0.25, -0.2) is 0 Å². The molecule has 0 saturated heterocycles. The van der Waals surface area contributed by atoms with E-state index in [2.05, 4.69) is 5.32 Å². The predicted molar refractivity (Wildman–Crippen MR) is 149 cm³/mol. The number of aromatic nitrogens is 2. The molecule has 4 rings (SSSR count). The molecule has 0 saturated carbocycles. The number of benzene rings is 3. The Hall–Kier alpha value is -4.63. The zero-order valence-corrected chi connectivity index (χ0v) is 22.8. The van der Waals surface area contributed by atoms with Crippen LogP contribution in [0.4, 0.5) is 5.69 Å². The highest BCUT2D eigenvalue weighted by Gasteiger charge is 2.27. The first kappa shape index (κ1) is 27.4. The van der Waals surface area contributed by atoms with Gasteiger partial charge in [0.2, 0.25) is 11.8 Å². The summed E-state index contributed by atoms with van der Waals surface area (Å²) in [6, 6.07) is 18.6. The highest BCUT2D eigenvalue weighted by atomic mass is 16.5. The minimum absolute atomic E-state index is 0.0531. The summed E-state index contributed by atoms with van der Waals surface area (Å²) in [6.45, 7) is 5.29. The van der Waals surface area contributed by atoms with Crippen molar-refractivity contribution in [3.05, 3.63) is 71.8 Å². The van der Waals surface area contributed by atoms with Crippen molar-refractivity contribution in [2.45, 2.75) is 20.8 Å². The molecular formula is C30H31N3O6. The number of ether oxygens (including phenoxy) is 4. The summed E-state index contributed by atoms with van der Waals surface area (Å²) in [5, 5.41) is 7.75. The van der Waals surface area contributed by atoms with Gasteiger partial charge in [-0.1, -0.05) is 29.8 Å². The molecule has 39 heavy (non-hydrogen) atoms. The van der Waals surface area contributed by atoms with E-state index in [0.29, 0.717) is 34.0 Å². The third kappa shape index (κ3) is 5.94. The average Bonchev–Trinajstić information content (AvgIpc) is 3.26. The zero-order valence-electron chi connectivity index (χ0n) is 22.8. The fraction of sp³-hybridized carbons (Fsp3) is 0.233. The maximum Gasteiger partial charge on any atom is 0.309 e. The molecule has 0 aliphatic carbocycles. The van der Waals surface area contributed by atoms with Crippen LogP contribution in [0, 0.1) is 13.8 Å². The van der Waals surface area contributed by atoms with Crippen LogP contribution in [0.1, 0.15) is 18.1 Å². The van der Waals surface area contributed by atoms with Crippen LogP contribution in [0.3, 0.4) is 0 Å². The topological polar surface area (TPSA) is 101 Å². The van der Waals surface area contributed by atoms with Crippen molar-refractivity contribution in [3.63, 3.8) is 0 Å².